The lowest BCUT2D eigenvalue weighted by molar-refractivity contribution is -0.131. The first-order valence-electron chi connectivity index (χ1n) is 5.33. The first-order chi connectivity index (χ1) is 7.69. The largest absolute Gasteiger partial charge is 0.483 e. The number of likely N-dealkylation sites (N-methyl/N-ethyl adjacent to an activating group) is 1. The zero-order valence-electron chi connectivity index (χ0n) is 9.77. The maximum atomic E-state index is 11.5. The molecule has 0 saturated carbocycles. The Hall–Kier alpha value is -1.55. The molecule has 4 heteroatoms. The van der Waals surface area contributed by atoms with Crippen molar-refractivity contribution >= 4 is 5.91 Å². The van der Waals surface area contributed by atoms with Gasteiger partial charge in [0.1, 0.15) is 5.75 Å². The van der Waals surface area contributed by atoms with Crippen molar-refractivity contribution in [3.63, 3.8) is 0 Å². The van der Waals surface area contributed by atoms with Gasteiger partial charge in [-0.3, -0.25) is 4.79 Å². The van der Waals surface area contributed by atoms with E-state index in [4.69, 9.17) is 10.5 Å². The van der Waals surface area contributed by atoms with Crippen LogP contribution >= 0.6 is 0 Å². The quantitative estimate of drug-likeness (QED) is 0.808. The second-order valence-electron chi connectivity index (χ2n) is 3.51. The predicted octanol–water partition coefficient (Wildman–Crippen LogP) is 1.00. The molecule has 1 aromatic carbocycles. The molecule has 16 heavy (non-hydrogen) atoms. The number of carbonyl (C=O) groups is 1. The van der Waals surface area contributed by atoms with Crippen molar-refractivity contribution < 1.29 is 9.53 Å². The van der Waals surface area contributed by atoms with Gasteiger partial charge in [0, 0.05) is 25.7 Å². The minimum Gasteiger partial charge on any atom is -0.483 e. The third-order valence-electron chi connectivity index (χ3n) is 2.44. The van der Waals surface area contributed by atoms with Crippen LogP contribution in [0.15, 0.2) is 24.3 Å². The van der Waals surface area contributed by atoms with Gasteiger partial charge in [-0.2, -0.15) is 0 Å². The fourth-order valence-corrected chi connectivity index (χ4v) is 1.24. The molecule has 1 aromatic rings. The van der Waals surface area contributed by atoms with Crippen LogP contribution in [-0.2, 0) is 11.3 Å². The zero-order valence-corrected chi connectivity index (χ0v) is 9.77. The summed E-state index contributed by atoms with van der Waals surface area (Å²) in [5.41, 5.74) is 6.48. The van der Waals surface area contributed by atoms with Crippen molar-refractivity contribution in [3.05, 3.63) is 29.8 Å². The molecule has 0 saturated heterocycles. The molecule has 1 amide bonds. The van der Waals surface area contributed by atoms with Crippen LogP contribution in [0.25, 0.3) is 0 Å². The molecule has 0 heterocycles. The van der Waals surface area contributed by atoms with Gasteiger partial charge in [-0.15, -0.1) is 0 Å². The van der Waals surface area contributed by atoms with Gasteiger partial charge in [0.05, 0.1) is 0 Å². The highest BCUT2D eigenvalue weighted by Crippen LogP contribution is 2.16. The molecule has 0 spiro atoms. The van der Waals surface area contributed by atoms with Gasteiger partial charge >= 0.3 is 0 Å². The van der Waals surface area contributed by atoms with Gasteiger partial charge in [0.25, 0.3) is 5.91 Å². The number of carbonyl (C=O) groups excluding carboxylic acids is 1. The molecule has 0 aliphatic rings. The van der Waals surface area contributed by atoms with Crippen LogP contribution < -0.4 is 10.5 Å². The van der Waals surface area contributed by atoms with E-state index in [1.165, 1.54) is 0 Å². The van der Waals surface area contributed by atoms with E-state index >= 15 is 0 Å². The first kappa shape index (κ1) is 12.5. The molecule has 4 nitrogen and oxygen atoms in total. The van der Waals surface area contributed by atoms with Gasteiger partial charge in [-0.1, -0.05) is 18.2 Å². The fourth-order valence-electron chi connectivity index (χ4n) is 1.24. The van der Waals surface area contributed by atoms with Crippen molar-refractivity contribution in [2.75, 3.05) is 20.2 Å². The van der Waals surface area contributed by atoms with E-state index in [1.54, 1.807) is 11.9 Å². The molecule has 0 radical (unpaired) electrons. The van der Waals surface area contributed by atoms with E-state index in [0.29, 0.717) is 18.8 Å². The molecule has 0 aliphatic heterocycles. The number of hydrogen-bond donors (Lipinski definition) is 1. The summed E-state index contributed by atoms with van der Waals surface area (Å²) in [6, 6.07) is 7.47. The number of para-hydroxylation sites is 1. The molecule has 0 aliphatic carbocycles. The van der Waals surface area contributed by atoms with E-state index in [2.05, 4.69) is 0 Å². The van der Waals surface area contributed by atoms with Crippen LogP contribution in [-0.4, -0.2) is 31.0 Å². The Kier molecular flexibility index (Phi) is 4.79. The minimum absolute atomic E-state index is 0.0330. The summed E-state index contributed by atoms with van der Waals surface area (Å²) in [6.45, 7) is 3.07. The average Bonchev–Trinajstić information content (AvgIpc) is 2.35. The highest BCUT2D eigenvalue weighted by molar-refractivity contribution is 5.77. The predicted molar refractivity (Wildman–Crippen MR) is 63.1 cm³/mol. The standard InChI is InChI=1S/C12H18N2O2/c1-3-14(2)12(15)9-16-11-7-5-4-6-10(11)8-13/h4-7H,3,8-9,13H2,1-2H3. The Labute approximate surface area is 96.0 Å². The van der Waals surface area contributed by atoms with Crippen LogP contribution in [0, 0.1) is 0 Å². The van der Waals surface area contributed by atoms with E-state index < -0.39 is 0 Å². The number of benzene rings is 1. The normalized spacial score (nSPS) is 9.94. The summed E-state index contributed by atoms with van der Waals surface area (Å²) in [6.07, 6.45) is 0. The monoisotopic (exact) mass is 222 g/mol. The van der Waals surface area contributed by atoms with Crippen molar-refractivity contribution in [2.24, 2.45) is 5.73 Å². The van der Waals surface area contributed by atoms with Crippen LogP contribution in [0.1, 0.15) is 12.5 Å². The summed E-state index contributed by atoms with van der Waals surface area (Å²) in [4.78, 5) is 13.1. The molecule has 0 atom stereocenters. The van der Waals surface area contributed by atoms with Crippen LogP contribution in [0.4, 0.5) is 0 Å². The van der Waals surface area contributed by atoms with Gasteiger partial charge < -0.3 is 15.4 Å². The maximum absolute atomic E-state index is 11.5. The molecule has 88 valence electrons. The van der Waals surface area contributed by atoms with Crippen molar-refractivity contribution in [1.82, 2.24) is 4.90 Å². The zero-order chi connectivity index (χ0) is 12.0. The second-order valence-corrected chi connectivity index (χ2v) is 3.51. The first-order valence-corrected chi connectivity index (χ1v) is 5.33. The van der Waals surface area contributed by atoms with Gasteiger partial charge in [-0.25, -0.2) is 0 Å². The third kappa shape index (κ3) is 3.24. The summed E-state index contributed by atoms with van der Waals surface area (Å²) >= 11 is 0. The number of amides is 1. The molecule has 0 fully saturated rings. The number of nitrogens with zero attached hydrogens (tertiary/aromatic N) is 1. The van der Waals surface area contributed by atoms with Crippen molar-refractivity contribution in [2.45, 2.75) is 13.5 Å². The van der Waals surface area contributed by atoms with E-state index in [-0.39, 0.29) is 12.5 Å². The minimum atomic E-state index is -0.0330. The van der Waals surface area contributed by atoms with E-state index in [0.717, 1.165) is 5.56 Å². The fraction of sp³-hybridized carbons (Fsp3) is 0.417. The molecular weight excluding hydrogens is 204 g/mol. The van der Waals surface area contributed by atoms with E-state index in [1.807, 2.05) is 31.2 Å². The van der Waals surface area contributed by atoms with Crippen LogP contribution in [0.2, 0.25) is 0 Å². The number of nitrogens with two attached hydrogens (primary N) is 1. The molecule has 2 N–H and O–H groups in total. The number of ether oxygens (including phenoxy) is 1. The van der Waals surface area contributed by atoms with Gasteiger partial charge in [0.15, 0.2) is 6.61 Å². The Morgan fingerprint density at radius 2 is 2.12 bits per heavy atom. The Morgan fingerprint density at radius 1 is 1.44 bits per heavy atom. The molecular formula is C12H18N2O2. The van der Waals surface area contributed by atoms with Crippen molar-refractivity contribution in [1.29, 1.82) is 0 Å². The van der Waals surface area contributed by atoms with Crippen molar-refractivity contribution in [3.8, 4) is 5.75 Å². The Balaban J connectivity index is 2.57. The lowest BCUT2D eigenvalue weighted by Gasteiger charge is -2.15. The smallest absolute Gasteiger partial charge is 0.260 e. The molecule has 0 bridgehead atoms. The summed E-state index contributed by atoms with van der Waals surface area (Å²) in [5.74, 6) is 0.650. The summed E-state index contributed by atoms with van der Waals surface area (Å²) in [7, 11) is 1.75. The lowest BCUT2D eigenvalue weighted by atomic mass is 10.2. The summed E-state index contributed by atoms with van der Waals surface area (Å²) < 4.78 is 5.44. The van der Waals surface area contributed by atoms with Gasteiger partial charge in [-0.05, 0) is 13.0 Å². The SMILES string of the molecule is CCN(C)C(=O)COc1ccccc1CN. The average molecular weight is 222 g/mol. The Bertz CT molecular complexity index is 353. The Morgan fingerprint density at radius 3 is 2.75 bits per heavy atom. The second kappa shape index (κ2) is 6.12. The highest BCUT2D eigenvalue weighted by Gasteiger charge is 2.08. The third-order valence-corrected chi connectivity index (χ3v) is 2.44. The topological polar surface area (TPSA) is 55.6 Å². The van der Waals surface area contributed by atoms with Gasteiger partial charge in [0.2, 0.25) is 0 Å². The highest BCUT2D eigenvalue weighted by atomic mass is 16.5. The van der Waals surface area contributed by atoms with E-state index in [9.17, 15) is 4.79 Å². The number of hydrogen-bond acceptors (Lipinski definition) is 3. The maximum Gasteiger partial charge on any atom is 0.260 e. The number of rotatable bonds is 5. The lowest BCUT2D eigenvalue weighted by Crippen LogP contribution is -2.31. The summed E-state index contributed by atoms with van der Waals surface area (Å²) in [5, 5.41) is 0. The molecule has 0 unspecified atom stereocenters. The van der Waals surface area contributed by atoms with Crippen LogP contribution in [0.5, 0.6) is 5.75 Å². The van der Waals surface area contributed by atoms with Crippen LogP contribution in [0.3, 0.4) is 0 Å². The molecule has 0 aromatic heterocycles. The molecule has 1 rings (SSSR count).